The zero-order valence-electron chi connectivity index (χ0n) is 14.1. The molecule has 132 valence electrons. The standard InChI is InChI=1S/C20H22BrNO3/c21-20-15-6-2-1-5-14(15)9-10-18(20)25-13-19(23)22-11-12-24-17-8-4-3-7-16(17)22/h1-2,5-6,9-10,16-17H,3-4,7-8,11-13H2/t16-,17-/m1/s1. The van der Waals surface area contributed by atoms with Crippen molar-refractivity contribution in [3.8, 4) is 5.75 Å². The summed E-state index contributed by atoms with van der Waals surface area (Å²) in [4.78, 5) is 14.7. The monoisotopic (exact) mass is 403 g/mol. The minimum Gasteiger partial charge on any atom is -0.483 e. The zero-order chi connectivity index (χ0) is 17.2. The van der Waals surface area contributed by atoms with Crippen LogP contribution in [-0.2, 0) is 9.53 Å². The molecule has 1 heterocycles. The molecule has 1 saturated carbocycles. The van der Waals surface area contributed by atoms with Gasteiger partial charge in [0.2, 0.25) is 0 Å². The molecule has 0 N–H and O–H groups in total. The summed E-state index contributed by atoms with van der Waals surface area (Å²) in [6, 6.07) is 12.3. The van der Waals surface area contributed by atoms with Gasteiger partial charge in [-0.25, -0.2) is 0 Å². The molecular formula is C20H22BrNO3. The number of halogens is 1. The topological polar surface area (TPSA) is 38.8 Å². The fourth-order valence-electron chi connectivity index (χ4n) is 3.95. The number of benzene rings is 2. The van der Waals surface area contributed by atoms with Crippen LogP contribution in [0, 0.1) is 0 Å². The van der Waals surface area contributed by atoms with Crippen LogP contribution in [0.4, 0.5) is 0 Å². The van der Waals surface area contributed by atoms with E-state index in [0.29, 0.717) is 18.9 Å². The second-order valence-electron chi connectivity index (χ2n) is 6.74. The molecule has 1 aliphatic heterocycles. The number of carbonyl (C=O) groups excluding carboxylic acids is 1. The van der Waals surface area contributed by atoms with Crippen LogP contribution in [0.2, 0.25) is 0 Å². The van der Waals surface area contributed by atoms with Crippen LogP contribution in [0.15, 0.2) is 40.9 Å². The molecule has 2 atom stereocenters. The van der Waals surface area contributed by atoms with Crippen molar-refractivity contribution in [2.45, 2.75) is 37.8 Å². The second-order valence-corrected chi connectivity index (χ2v) is 7.53. The van der Waals surface area contributed by atoms with Gasteiger partial charge in [0.05, 0.1) is 23.2 Å². The molecule has 0 spiro atoms. The van der Waals surface area contributed by atoms with Gasteiger partial charge >= 0.3 is 0 Å². The van der Waals surface area contributed by atoms with E-state index in [2.05, 4.69) is 22.0 Å². The van der Waals surface area contributed by atoms with Crippen molar-refractivity contribution in [3.05, 3.63) is 40.9 Å². The predicted molar refractivity (Wildman–Crippen MR) is 101 cm³/mol. The SMILES string of the molecule is O=C(COc1ccc2ccccc2c1Br)N1CCO[C@@H]2CCCC[C@H]21. The van der Waals surface area contributed by atoms with Crippen LogP contribution in [0.5, 0.6) is 5.75 Å². The molecule has 1 saturated heterocycles. The lowest BCUT2D eigenvalue weighted by atomic mass is 9.90. The summed E-state index contributed by atoms with van der Waals surface area (Å²) >= 11 is 3.61. The highest BCUT2D eigenvalue weighted by Gasteiger charge is 2.36. The van der Waals surface area contributed by atoms with Crippen LogP contribution in [0.3, 0.4) is 0 Å². The average Bonchev–Trinajstić information content (AvgIpc) is 2.67. The molecule has 4 rings (SSSR count). The lowest BCUT2D eigenvalue weighted by Gasteiger charge is -2.43. The lowest BCUT2D eigenvalue weighted by molar-refractivity contribution is -0.151. The molecule has 1 aliphatic carbocycles. The van der Waals surface area contributed by atoms with E-state index in [-0.39, 0.29) is 24.7 Å². The third kappa shape index (κ3) is 3.40. The third-order valence-corrected chi connectivity index (χ3v) is 6.05. The highest BCUT2D eigenvalue weighted by molar-refractivity contribution is 9.10. The van der Waals surface area contributed by atoms with E-state index >= 15 is 0 Å². The molecule has 0 unspecified atom stereocenters. The number of amides is 1. The molecule has 4 nitrogen and oxygen atoms in total. The first-order valence-corrected chi connectivity index (χ1v) is 9.74. The van der Waals surface area contributed by atoms with Crippen molar-refractivity contribution in [2.24, 2.45) is 0 Å². The molecule has 0 aromatic heterocycles. The number of hydrogen-bond donors (Lipinski definition) is 0. The Morgan fingerprint density at radius 1 is 1.20 bits per heavy atom. The Balaban J connectivity index is 1.45. The fourth-order valence-corrected chi connectivity index (χ4v) is 4.56. The molecule has 5 heteroatoms. The van der Waals surface area contributed by atoms with Gasteiger partial charge in [0.15, 0.2) is 6.61 Å². The maximum absolute atomic E-state index is 12.7. The van der Waals surface area contributed by atoms with E-state index in [1.807, 2.05) is 35.2 Å². The molecule has 0 bridgehead atoms. The highest BCUT2D eigenvalue weighted by atomic mass is 79.9. The van der Waals surface area contributed by atoms with Crippen molar-refractivity contribution in [1.82, 2.24) is 4.90 Å². The quantitative estimate of drug-likeness (QED) is 0.772. The molecule has 2 aromatic carbocycles. The van der Waals surface area contributed by atoms with Gasteiger partial charge in [-0.15, -0.1) is 0 Å². The summed E-state index contributed by atoms with van der Waals surface area (Å²) in [5.74, 6) is 0.765. The van der Waals surface area contributed by atoms with Gasteiger partial charge in [-0.3, -0.25) is 4.79 Å². The van der Waals surface area contributed by atoms with Gasteiger partial charge < -0.3 is 14.4 Å². The first-order chi connectivity index (χ1) is 12.2. The van der Waals surface area contributed by atoms with Crippen LogP contribution in [-0.4, -0.2) is 42.7 Å². The Bertz CT molecular complexity index is 777. The molecule has 2 aliphatic rings. The minimum absolute atomic E-state index is 0.0558. The van der Waals surface area contributed by atoms with Crippen molar-refractivity contribution >= 4 is 32.6 Å². The molecule has 2 aromatic rings. The summed E-state index contributed by atoms with van der Waals surface area (Å²) in [6.45, 7) is 1.37. The molecule has 25 heavy (non-hydrogen) atoms. The van der Waals surface area contributed by atoms with E-state index in [9.17, 15) is 4.79 Å². The Labute approximate surface area is 156 Å². The van der Waals surface area contributed by atoms with E-state index < -0.39 is 0 Å². The van der Waals surface area contributed by atoms with E-state index in [0.717, 1.165) is 28.1 Å². The van der Waals surface area contributed by atoms with Gasteiger partial charge in [-0.2, -0.15) is 0 Å². The Kier molecular flexibility index (Phi) is 4.95. The molecule has 0 radical (unpaired) electrons. The smallest absolute Gasteiger partial charge is 0.260 e. The Morgan fingerprint density at radius 2 is 2.04 bits per heavy atom. The van der Waals surface area contributed by atoms with E-state index in [1.54, 1.807) is 0 Å². The van der Waals surface area contributed by atoms with Crippen LogP contribution in [0.25, 0.3) is 10.8 Å². The summed E-state index contributed by atoms with van der Waals surface area (Å²) in [5.41, 5.74) is 0. The number of ether oxygens (including phenoxy) is 2. The minimum atomic E-state index is 0.0558. The summed E-state index contributed by atoms with van der Waals surface area (Å²) in [6.07, 6.45) is 4.68. The first kappa shape index (κ1) is 16.9. The number of carbonyl (C=O) groups is 1. The zero-order valence-corrected chi connectivity index (χ0v) is 15.7. The Morgan fingerprint density at radius 3 is 2.96 bits per heavy atom. The highest BCUT2D eigenvalue weighted by Crippen LogP contribution is 2.33. The van der Waals surface area contributed by atoms with Crippen molar-refractivity contribution < 1.29 is 14.3 Å². The van der Waals surface area contributed by atoms with E-state index in [4.69, 9.17) is 9.47 Å². The number of rotatable bonds is 3. The molecule has 2 fully saturated rings. The van der Waals surface area contributed by atoms with Crippen LogP contribution < -0.4 is 4.74 Å². The average molecular weight is 404 g/mol. The molecule has 1 amide bonds. The summed E-state index contributed by atoms with van der Waals surface area (Å²) < 4.78 is 12.6. The van der Waals surface area contributed by atoms with E-state index in [1.165, 1.54) is 12.8 Å². The maximum atomic E-state index is 12.7. The normalized spacial score (nSPS) is 23.3. The lowest BCUT2D eigenvalue weighted by Crippen LogP contribution is -2.55. The van der Waals surface area contributed by atoms with Gasteiger partial charge in [-0.1, -0.05) is 43.2 Å². The number of hydrogen-bond acceptors (Lipinski definition) is 3. The third-order valence-electron chi connectivity index (χ3n) is 5.23. The predicted octanol–water partition coefficient (Wildman–Crippen LogP) is 4.15. The van der Waals surface area contributed by atoms with Gasteiger partial charge in [-0.05, 0) is 45.6 Å². The molecular weight excluding hydrogens is 382 g/mol. The summed E-state index contributed by atoms with van der Waals surface area (Å²) in [5, 5.41) is 2.23. The van der Waals surface area contributed by atoms with Crippen molar-refractivity contribution in [1.29, 1.82) is 0 Å². The first-order valence-electron chi connectivity index (χ1n) is 8.95. The van der Waals surface area contributed by atoms with Gasteiger partial charge in [0.25, 0.3) is 5.91 Å². The largest absolute Gasteiger partial charge is 0.483 e. The number of nitrogens with zero attached hydrogens (tertiary/aromatic N) is 1. The van der Waals surface area contributed by atoms with Crippen molar-refractivity contribution in [3.63, 3.8) is 0 Å². The Hall–Kier alpha value is -1.59. The van der Waals surface area contributed by atoms with Crippen LogP contribution >= 0.6 is 15.9 Å². The number of morpholine rings is 1. The van der Waals surface area contributed by atoms with Gasteiger partial charge in [0.1, 0.15) is 5.75 Å². The second kappa shape index (κ2) is 7.34. The van der Waals surface area contributed by atoms with Crippen LogP contribution in [0.1, 0.15) is 25.7 Å². The van der Waals surface area contributed by atoms with Gasteiger partial charge in [0, 0.05) is 6.54 Å². The number of fused-ring (bicyclic) bond motifs is 2. The summed E-state index contributed by atoms with van der Waals surface area (Å²) in [7, 11) is 0. The van der Waals surface area contributed by atoms with Crippen molar-refractivity contribution in [2.75, 3.05) is 19.8 Å². The fraction of sp³-hybridized carbons (Fsp3) is 0.450. The maximum Gasteiger partial charge on any atom is 0.260 e.